The zero-order valence-electron chi connectivity index (χ0n) is 19.6. The maximum atomic E-state index is 13.6. The number of hydrogen-bond donors (Lipinski definition) is 1. The summed E-state index contributed by atoms with van der Waals surface area (Å²) in [5.41, 5.74) is 0.130. The van der Waals surface area contributed by atoms with Crippen molar-refractivity contribution in [2.75, 3.05) is 6.26 Å². The van der Waals surface area contributed by atoms with Gasteiger partial charge in [0, 0.05) is 18.4 Å². The number of amides is 2. The Hall–Kier alpha value is -2.29. The molecule has 32 heavy (non-hydrogen) atoms. The van der Waals surface area contributed by atoms with Gasteiger partial charge in [0.15, 0.2) is 0 Å². The number of nitrogens with zero attached hydrogens (tertiary/aromatic N) is 2. The van der Waals surface area contributed by atoms with E-state index in [1.54, 1.807) is 37.2 Å². The van der Waals surface area contributed by atoms with Gasteiger partial charge in [0.25, 0.3) is 11.6 Å². The van der Waals surface area contributed by atoms with Crippen LogP contribution in [0.25, 0.3) is 0 Å². The first-order valence-corrected chi connectivity index (χ1v) is 12.3. The molecule has 1 aromatic rings. The first-order valence-electron chi connectivity index (χ1n) is 11.1. The lowest BCUT2D eigenvalue weighted by Crippen LogP contribution is -2.49. The molecule has 0 aromatic heterocycles. The molecule has 1 N–H and O–H groups in total. The van der Waals surface area contributed by atoms with Crippen LogP contribution in [0.2, 0.25) is 0 Å². The second kappa shape index (κ2) is 11.5. The van der Waals surface area contributed by atoms with Gasteiger partial charge in [0.05, 0.1) is 11.0 Å². The maximum absolute atomic E-state index is 13.6. The number of nitrogens with one attached hydrogen (secondary N) is 1. The van der Waals surface area contributed by atoms with Crippen LogP contribution in [0.3, 0.4) is 0 Å². The van der Waals surface area contributed by atoms with Crippen LogP contribution in [0, 0.1) is 16.0 Å². The maximum Gasteiger partial charge on any atom is 0.408 e. The van der Waals surface area contributed by atoms with Crippen LogP contribution in [0.1, 0.15) is 77.8 Å². The summed E-state index contributed by atoms with van der Waals surface area (Å²) in [7, 11) is 0. The SMILES string of the molecule is CSN(C(=O)[C@@H](CC1CCCCC1)NC(=O)OC(C)(C)C)[C@H](C)c1ccc([N+](=O)[O-])cc1. The summed E-state index contributed by atoms with van der Waals surface area (Å²) in [5, 5.41) is 13.8. The lowest BCUT2D eigenvalue weighted by Gasteiger charge is -2.33. The van der Waals surface area contributed by atoms with E-state index in [4.69, 9.17) is 4.74 Å². The summed E-state index contributed by atoms with van der Waals surface area (Å²) in [5.74, 6) is 0.186. The number of nitro groups is 1. The summed E-state index contributed by atoms with van der Waals surface area (Å²) in [6, 6.07) is 5.18. The van der Waals surface area contributed by atoms with E-state index in [1.807, 2.05) is 13.2 Å². The molecule has 1 aliphatic carbocycles. The molecule has 1 fully saturated rings. The molecule has 0 bridgehead atoms. The molecule has 2 rings (SSSR count). The van der Waals surface area contributed by atoms with Gasteiger partial charge in [0.2, 0.25) is 0 Å². The number of rotatable bonds is 8. The van der Waals surface area contributed by atoms with Crippen molar-refractivity contribution in [3.63, 3.8) is 0 Å². The van der Waals surface area contributed by atoms with E-state index in [1.165, 1.54) is 30.5 Å². The van der Waals surface area contributed by atoms with Crippen molar-refractivity contribution < 1.29 is 19.2 Å². The van der Waals surface area contributed by atoms with E-state index in [9.17, 15) is 19.7 Å². The average Bonchev–Trinajstić information content (AvgIpc) is 2.73. The average molecular weight is 466 g/mol. The van der Waals surface area contributed by atoms with Gasteiger partial charge in [-0.1, -0.05) is 56.2 Å². The fourth-order valence-corrected chi connectivity index (χ4v) is 4.78. The Morgan fingerprint density at radius 3 is 2.31 bits per heavy atom. The van der Waals surface area contributed by atoms with Crippen molar-refractivity contribution in [1.29, 1.82) is 0 Å². The minimum Gasteiger partial charge on any atom is -0.444 e. The van der Waals surface area contributed by atoms with Gasteiger partial charge in [-0.05, 0) is 45.6 Å². The van der Waals surface area contributed by atoms with E-state index < -0.39 is 22.7 Å². The zero-order valence-corrected chi connectivity index (χ0v) is 20.4. The number of alkyl carbamates (subject to hydrolysis) is 1. The standard InChI is InChI=1S/C23H35N3O5S/c1-16(18-11-13-19(14-12-18)26(29)30)25(32-5)21(27)20(15-17-9-7-6-8-10-17)24-22(28)31-23(2,3)4/h11-14,16-17,20H,6-10,15H2,1-5H3,(H,24,28)/t16-,20-/m1/s1. The van der Waals surface area contributed by atoms with Crippen LogP contribution in [-0.2, 0) is 9.53 Å². The summed E-state index contributed by atoms with van der Waals surface area (Å²) in [6.45, 7) is 7.24. The Bertz CT molecular complexity index is 788. The highest BCUT2D eigenvalue weighted by atomic mass is 32.2. The van der Waals surface area contributed by atoms with Gasteiger partial charge in [-0.3, -0.25) is 19.2 Å². The molecule has 0 spiro atoms. The van der Waals surface area contributed by atoms with Gasteiger partial charge in [-0.25, -0.2) is 4.79 Å². The second-order valence-corrected chi connectivity index (χ2v) is 10.1. The highest BCUT2D eigenvalue weighted by molar-refractivity contribution is 7.96. The number of ether oxygens (including phenoxy) is 1. The van der Waals surface area contributed by atoms with Crippen molar-refractivity contribution in [3.8, 4) is 0 Å². The lowest BCUT2D eigenvalue weighted by atomic mass is 9.84. The lowest BCUT2D eigenvalue weighted by molar-refractivity contribution is -0.384. The minimum atomic E-state index is -0.694. The first kappa shape index (κ1) is 26.0. The summed E-state index contributed by atoms with van der Waals surface area (Å²) < 4.78 is 7.04. The van der Waals surface area contributed by atoms with Crippen LogP contribution in [0.4, 0.5) is 10.5 Å². The molecule has 9 heteroatoms. The molecule has 2 atom stereocenters. The highest BCUT2D eigenvalue weighted by Crippen LogP contribution is 2.31. The van der Waals surface area contributed by atoms with E-state index in [0.717, 1.165) is 31.2 Å². The van der Waals surface area contributed by atoms with E-state index >= 15 is 0 Å². The van der Waals surface area contributed by atoms with Crippen LogP contribution >= 0.6 is 11.9 Å². The fraction of sp³-hybridized carbons (Fsp3) is 0.652. The normalized spacial score (nSPS) is 16.7. The molecule has 1 aromatic carbocycles. The molecule has 8 nitrogen and oxygen atoms in total. The zero-order chi connectivity index (χ0) is 23.9. The summed E-state index contributed by atoms with van der Waals surface area (Å²) >= 11 is 1.28. The third-order valence-electron chi connectivity index (χ3n) is 5.63. The predicted molar refractivity (Wildman–Crippen MR) is 126 cm³/mol. The molecule has 0 radical (unpaired) electrons. The quantitative estimate of drug-likeness (QED) is 0.303. The highest BCUT2D eigenvalue weighted by Gasteiger charge is 2.33. The second-order valence-electron chi connectivity index (χ2n) is 9.31. The third kappa shape index (κ3) is 7.69. The first-order chi connectivity index (χ1) is 15.0. The predicted octanol–water partition coefficient (Wildman–Crippen LogP) is 5.63. The van der Waals surface area contributed by atoms with Gasteiger partial charge >= 0.3 is 6.09 Å². The van der Waals surface area contributed by atoms with Gasteiger partial charge in [0.1, 0.15) is 11.6 Å². The van der Waals surface area contributed by atoms with Crippen molar-refractivity contribution in [3.05, 3.63) is 39.9 Å². The monoisotopic (exact) mass is 465 g/mol. The minimum absolute atomic E-state index is 0.00439. The Kier molecular flexibility index (Phi) is 9.36. The third-order valence-corrected chi connectivity index (χ3v) is 6.52. The van der Waals surface area contributed by atoms with E-state index in [0.29, 0.717) is 12.3 Å². The Morgan fingerprint density at radius 2 is 1.81 bits per heavy atom. The van der Waals surface area contributed by atoms with Crippen LogP contribution in [-0.4, -0.2) is 39.1 Å². The fourth-order valence-electron chi connectivity index (χ4n) is 4.03. The molecule has 0 saturated heterocycles. The van der Waals surface area contributed by atoms with Crippen molar-refractivity contribution in [2.45, 2.75) is 83.9 Å². The van der Waals surface area contributed by atoms with Crippen molar-refractivity contribution in [2.24, 2.45) is 5.92 Å². The van der Waals surface area contributed by atoms with Crippen LogP contribution < -0.4 is 5.32 Å². The van der Waals surface area contributed by atoms with Gasteiger partial charge in [-0.15, -0.1) is 0 Å². The van der Waals surface area contributed by atoms with Gasteiger partial charge in [-0.2, -0.15) is 0 Å². The molecule has 1 aliphatic rings. The number of hydrogen-bond acceptors (Lipinski definition) is 6. The van der Waals surface area contributed by atoms with Gasteiger partial charge < -0.3 is 10.1 Å². The molecule has 1 saturated carbocycles. The Morgan fingerprint density at radius 1 is 1.22 bits per heavy atom. The van der Waals surface area contributed by atoms with E-state index in [-0.39, 0.29) is 17.6 Å². The van der Waals surface area contributed by atoms with E-state index in [2.05, 4.69) is 5.32 Å². The smallest absolute Gasteiger partial charge is 0.408 e. The van der Waals surface area contributed by atoms with Crippen LogP contribution in [0.15, 0.2) is 24.3 Å². The molecular weight excluding hydrogens is 430 g/mol. The number of carbonyl (C=O) groups is 2. The van der Waals surface area contributed by atoms with Crippen molar-refractivity contribution >= 4 is 29.6 Å². The van der Waals surface area contributed by atoms with Crippen LogP contribution in [0.5, 0.6) is 0 Å². The summed E-state index contributed by atoms with van der Waals surface area (Å²) in [4.78, 5) is 36.6. The number of carbonyl (C=O) groups excluding carboxylic acids is 2. The topological polar surface area (TPSA) is 102 Å². The summed E-state index contributed by atoms with van der Waals surface area (Å²) in [6.07, 6.45) is 7.38. The number of non-ortho nitro benzene ring substituents is 1. The molecule has 0 unspecified atom stereocenters. The number of benzene rings is 1. The molecule has 2 amide bonds. The molecule has 0 aliphatic heterocycles. The Labute approximate surface area is 194 Å². The largest absolute Gasteiger partial charge is 0.444 e. The molecule has 0 heterocycles. The number of nitro benzene ring substituents is 1. The molecular formula is C23H35N3O5S. The van der Waals surface area contributed by atoms with Crippen molar-refractivity contribution in [1.82, 2.24) is 9.62 Å². The Balaban J connectivity index is 2.20. The molecule has 178 valence electrons.